The van der Waals surface area contributed by atoms with Gasteiger partial charge < -0.3 is 5.73 Å². The van der Waals surface area contributed by atoms with Crippen LogP contribution >= 0.6 is 0 Å². The number of hydrogen-bond acceptors (Lipinski definition) is 5. The number of aromatic amines is 1. The smallest absolute Gasteiger partial charge is 0.181 e. The van der Waals surface area contributed by atoms with E-state index in [9.17, 15) is 4.39 Å². The Morgan fingerprint density at radius 3 is 2.80 bits per heavy atom. The molecule has 0 bridgehead atoms. The van der Waals surface area contributed by atoms with E-state index in [4.69, 9.17) is 5.73 Å². The summed E-state index contributed by atoms with van der Waals surface area (Å²) < 4.78 is 14.5. The maximum absolute atomic E-state index is 14.5. The first-order valence-corrected chi connectivity index (χ1v) is 10.5. The Morgan fingerprint density at radius 1 is 1.27 bits per heavy atom. The quantitative estimate of drug-likeness (QED) is 0.447. The fourth-order valence-corrected chi connectivity index (χ4v) is 3.73. The third kappa shape index (κ3) is 5.29. The Bertz CT molecular complexity index is 1010. The van der Waals surface area contributed by atoms with Gasteiger partial charge in [0.1, 0.15) is 5.69 Å². The van der Waals surface area contributed by atoms with Gasteiger partial charge in [-0.3, -0.25) is 10.4 Å². The van der Waals surface area contributed by atoms with Crippen LogP contribution in [0.5, 0.6) is 0 Å². The van der Waals surface area contributed by atoms with Crippen molar-refractivity contribution >= 4 is 17.1 Å². The monoisotopic (exact) mass is 410 g/mol. The number of rotatable bonds is 9. The van der Waals surface area contributed by atoms with E-state index >= 15 is 0 Å². The number of pyridine rings is 2. The predicted molar refractivity (Wildman–Crippen MR) is 120 cm³/mol. The van der Waals surface area contributed by atoms with E-state index in [0.717, 1.165) is 24.6 Å². The van der Waals surface area contributed by atoms with Gasteiger partial charge in [-0.2, -0.15) is 5.10 Å². The molecule has 3 heterocycles. The van der Waals surface area contributed by atoms with E-state index in [1.807, 2.05) is 18.2 Å². The first-order valence-electron chi connectivity index (χ1n) is 10.5. The molecule has 3 aromatic heterocycles. The van der Waals surface area contributed by atoms with Crippen LogP contribution < -0.4 is 11.1 Å². The van der Waals surface area contributed by atoms with Gasteiger partial charge in [-0.15, -0.1) is 0 Å². The molecule has 6 nitrogen and oxygen atoms in total. The summed E-state index contributed by atoms with van der Waals surface area (Å²) in [7, 11) is 0. The number of H-pyrrole nitrogens is 1. The molecule has 0 saturated carbocycles. The standard InChI is InChI=1S/C23H31FN6/c1-5-23(25,14-15(2)3)28-16(4)8-6-9-17-11-12-19(24)21(27-17)20-18-10-7-13-26-22(18)30-29-20/h6-7,9-13,15-16,28H,5,8,14,25H2,1-4H3,(H,26,29,30)/b9-6-. The van der Waals surface area contributed by atoms with E-state index in [-0.39, 0.29) is 17.4 Å². The molecule has 4 N–H and O–H groups in total. The first-order chi connectivity index (χ1) is 14.3. The summed E-state index contributed by atoms with van der Waals surface area (Å²) in [6.07, 6.45) is 8.19. The highest BCUT2D eigenvalue weighted by Crippen LogP contribution is 2.26. The van der Waals surface area contributed by atoms with Crippen LogP contribution in [0.1, 0.15) is 52.7 Å². The molecule has 160 valence electrons. The van der Waals surface area contributed by atoms with Crippen molar-refractivity contribution in [3.8, 4) is 11.4 Å². The molecule has 0 aliphatic rings. The van der Waals surface area contributed by atoms with Gasteiger partial charge in [-0.25, -0.2) is 14.4 Å². The zero-order chi connectivity index (χ0) is 21.7. The lowest BCUT2D eigenvalue weighted by Crippen LogP contribution is -2.56. The second kappa shape index (κ2) is 9.45. The van der Waals surface area contributed by atoms with E-state index < -0.39 is 5.82 Å². The van der Waals surface area contributed by atoms with Crippen LogP contribution in [0.15, 0.2) is 36.5 Å². The Kier molecular flexibility index (Phi) is 6.95. The fourth-order valence-electron chi connectivity index (χ4n) is 3.73. The molecular weight excluding hydrogens is 379 g/mol. The molecule has 30 heavy (non-hydrogen) atoms. The lowest BCUT2D eigenvalue weighted by Gasteiger charge is -2.34. The third-order valence-corrected chi connectivity index (χ3v) is 5.15. The molecule has 3 rings (SSSR count). The van der Waals surface area contributed by atoms with E-state index in [1.54, 1.807) is 18.3 Å². The normalized spacial score (nSPS) is 15.2. The summed E-state index contributed by atoms with van der Waals surface area (Å²) in [6.45, 7) is 8.59. The van der Waals surface area contributed by atoms with Crippen molar-refractivity contribution in [3.05, 3.63) is 48.0 Å². The Balaban J connectivity index is 1.72. The number of nitrogens with zero attached hydrogens (tertiary/aromatic N) is 3. The van der Waals surface area contributed by atoms with Gasteiger partial charge >= 0.3 is 0 Å². The van der Waals surface area contributed by atoms with Gasteiger partial charge in [0.15, 0.2) is 11.5 Å². The fraction of sp³-hybridized carbons (Fsp3) is 0.435. The van der Waals surface area contributed by atoms with E-state index in [1.165, 1.54) is 6.07 Å². The molecule has 0 spiro atoms. The molecule has 2 atom stereocenters. The van der Waals surface area contributed by atoms with Crippen molar-refractivity contribution in [2.24, 2.45) is 11.7 Å². The zero-order valence-corrected chi connectivity index (χ0v) is 18.1. The molecule has 0 aliphatic carbocycles. The van der Waals surface area contributed by atoms with Crippen LogP contribution in [-0.2, 0) is 0 Å². The molecule has 0 fully saturated rings. The van der Waals surface area contributed by atoms with Gasteiger partial charge in [-0.1, -0.05) is 26.8 Å². The Hall–Kier alpha value is -2.64. The van der Waals surface area contributed by atoms with Crippen molar-refractivity contribution in [1.82, 2.24) is 25.5 Å². The van der Waals surface area contributed by atoms with Gasteiger partial charge in [0, 0.05) is 17.6 Å². The lowest BCUT2D eigenvalue weighted by molar-refractivity contribution is 0.242. The van der Waals surface area contributed by atoms with Crippen molar-refractivity contribution in [2.45, 2.75) is 58.7 Å². The minimum absolute atomic E-state index is 0.215. The Labute approximate surface area is 177 Å². The average Bonchev–Trinajstić information content (AvgIpc) is 3.12. The summed E-state index contributed by atoms with van der Waals surface area (Å²) in [6, 6.07) is 6.96. The third-order valence-electron chi connectivity index (χ3n) is 5.15. The predicted octanol–water partition coefficient (Wildman–Crippen LogP) is 4.65. The minimum atomic E-state index is -0.402. The van der Waals surface area contributed by atoms with Gasteiger partial charge in [-0.05, 0) is 62.4 Å². The van der Waals surface area contributed by atoms with Crippen molar-refractivity contribution in [2.75, 3.05) is 0 Å². The molecule has 0 saturated heterocycles. The van der Waals surface area contributed by atoms with Crippen molar-refractivity contribution < 1.29 is 4.39 Å². The number of aromatic nitrogens is 4. The van der Waals surface area contributed by atoms with Crippen LogP contribution in [-0.4, -0.2) is 31.9 Å². The largest absolute Gasteiger partial charge is 0.313 e. The van der Waals surface area contributed by atoms with Gasteiger partial charge in [0.25, 0.3) is 0 Å². The zero-order valence-electron chi connectivity index (χ0n) is 18.1. The van der Waals surface area contributed by atoms with Crippen LogP contribution in [0.25, 0.3) is 28.5 Å². The van der Waals surface area contributed by atoms with E-state index in [0.29, 0.717) is 23.0 Å². The molecule has 0 radical (unpaired) electrons. The van der Waals surface area contributed by atoms with Crippen molar-refractivity contribution in [1.29, 1.82) is 0 Å². The minimum Gasteiger partial charge on any atom is -0.313 e. The lowest BCUT2D eigenvalue weighted by atomic mass is 9.94. The topological polar surface area (TPSA) is 92.5 Å². The van der Waals surface area contributed by atoms with Crippen LogP contribution in [0.3, 0.4) is 0 Å². The number of fused-ring (bicyclic) bond motifs is 1. The maximum atomic E-state index is 14.5. The summed E-state index contributed by atoms with van der Waals surface area (Å²) in [5.74, 6) is 0.127. The summed E-state index contributed by atoms with van der Waals surface area (Å²) in [4.78, 5) is 8.66. The van der Waals surface area contributed by atoms with Gasteiger partial charge in [0.05, 0.1) is 17.1 Å². The highest BCUT2D eigenvalue weighted by atomic mass is 19.1. The molecule has 0 amide bonds. The maximum Gasteiger partial charge on any atom is 0.181 e. The first kappa shape index (κ1) is 22.1. The second-order valence-corrected chi connectivity index (χ2v) is 8.33. The number of nitrogens with two attached hydrogens (primary N) is 1. The molecule has 0 aromatic carbocycles. The Morgan fingerprint density at radius 2 is 2.07 bits per heavy atom. The summed E-state index contributed by atoms with van der Waals surface area (Å²) in [5, 5.41) is 11.3. The van der Waals surface area contributed by atoms with E-state index in [2.05, 4.69) is 53.2 Å². The van der Waals surface area contributed by atoms with Crippen LogP contribution in [0, 0.1) is 11.7 Å². The molecule has 7 heteroatoms. The SMILES string of the molecule is CCC(N)(CC(C)C)NC(C)C/C=C\c1ccc(F)c(-c2[nH]nc3ncccc23)n1. The molecule has 3 aromatic rings. The average molecular weight is 411 g/mol. The van der Waals surface area contributed by atoms with Crippen LogP contribution in [0.4, 0.5) is 4.39 Å². The van der Waals surface area contributed by atoms with Crippen molar-refractivity contribution in [3.63, 3.8) is 0 Å². The second-order valence-electron chi connectivity index (χ2n) is 8.33. The number of nitrogens with one attached hydrogen (secondary N) is 2. The van der Waals surface area contributed by atoms with Gasteiger partial charge in [0.2, 0.25) is 0 Å². The highest BCUT2D eigenvalue weighted by molar-refractivity contribution is 5.89. The molecule has 2 unspecified atom stereocenters. The molecular formula is C23H31FN6. The summed E-state index contributed by atoms with van der Waals surface area (Å²) >= 11 is 0. The van der Waals surface area contributed by atoms with Crippen LogP contribution in [0.2, 0.25) is 0 Å². The number of hydrogen-bond donors (Lipinski definition) is 3. The highest BCUT2D eigenvalue weighted by Gasteiger charge is 2.25. The summed E-state index contributed by atoms with van der Waals surface area (Å²) in [5.41, 5.74) is 8.14. The number of halogens is 1. The molecule has 0 aliphatic heterocycles.